The molecular formula is C14H23N3O2. The van der Waals surface area contributed by atoms with Crippen molar-refractivity contribution in [3.8, 4) is 0 Å². The third-order valence-electron chi connectivity index (χ3n) is 3.81. The van der Waals surface area contributed by atoms with Gasteiger partial charge in [-0.25, -0.2) is 4.98 Å². The Labute approximate surface area is 114 Å². The first-order chi connectivity index (χ1) is 9.17. The lowest BCUT2D eigenvalue weighted by Gasteiger charge is -2.16. The predicted octanol–water partition coefficient (Wildman–Crippen LogP) is 1.56. The normalized spacial score (nSPS) is 19.1. The number of methoxy groups -OCH3 is 1. The topological polar surface area (TPSA) is 47.4 Å². The van der Waals surface area contributed by atoms with E-state index in [9.17, 15) is 4.79 Å². The highest BCUT2D eigenvalue weighted by Gasteiger charge is 2.29. The first-order valence-electron chi connectivity index (χ1n) is 6.96. The molecular weight excluding hydrogens is 242 g/mol. The van der Waals surface area contributed by atoms with Crippen LogP contribution in [0, 0.1) is 6.92 Å². The van der Waals surface area contributed by atoms with Gasteiger partial charge in [-0.1, -0.05) is 6.92 Å². The van der Waals surface area contributed by atoms with Crippen molar-refractivity contribution < 1.29 is 9.53 Å². The van der Waals surface area contributed by atoms with Crippen molar-refractivity contribution >= 4 is 5.91 Å². The monoisotopic (exact) mass is 265 g/mol. The van der Waals surface area contributed by atoms with E-state index < -0.39 is 0 Å². The van der Waals surface area contributed by atoms with Crippen molar-refractivity contribution in [1.82, 2.24) is 14.5 Å². The fourth-order valence-electron chi connectivity index (χ4n) is 2.70. The van der Waals surface area contributed by atoms with Crippen LogP contribution in [0.15, 0.2) is 6.20 Å². The maximum absolute atomic E-state index is 11.7. The van der Waals surface area contributed by atoms with Gasteiger partial charge in [-0.05, 0) is 13.3 Å². The second kappa shape index (κ2) is 6.19. The molecule has 1 aliphatic heterocycles. The molecule has 0 spiro atoms. The lowest BCUT2D eigenvalue weighted by atomic mass is 10.1. The number of carbonyl (C=O) groups excluding carboxylic acids is 1. The molecule has 1 fully saturated rings. The number of rotatable bonds is 5. The van der Waals surface area contributed by atoms with E-state index in [1.807, 2.05) is 18.0 Å². The SMILES string of the molecule is CCC(=O)N1CCC(c2ncc(C)n2CCOC)C1. The van der Waals surface area contributed by atoms with Gasteiger partial charge < -0.3 is 14.2 Å². The molecule has 1 aliphatic rings. The summed E-state index contributed by atoms with van der Waals surface area (Å²) in [4.78, 5) is 18.2. The van der Waals surface area contributed by atoms with E-state index in [1.54, 1.807) is 7.11 Å². The fourth-order valence-corrected chi connectivity index (χ4v) is 2.70. The molecule has 0 saturated carbocycles. The molecule has 2 heterocycles. The third kappa shape index (κ3) is 2.97. The van der Waals surface area contributed by atoms with E-state index in [2.05, 4.69) is 16.5 Å². The van der Waals surface area contributed by atoms with E-state index in [-0.39, 0.29) is 5.91 Å². The van der Waals surface area contributed by atoms with E-state index in [0.29, 0.717) is 18.9 Å². The fraction of sp³-hybridized carbons (Fsp3) is 0.714. The summed E-state index contributed by atoms with van der Waals surface area (Å²) in [6.45, 7) is 7.16. The number of nitrogens with zero attached hydrogens (tertiary/aromatic N) is 3. The molecule has 1 aromatic heterocycles. The van der Waals surface area contributed by atoms with Crippen LogP contribution >= 0.6 is 0 Å². The highest BCUT2D eigenvalue weighted by molar-refractivity contribution is 5.76. The highest BCUT2D eigenvalue weighted by atomic mass is 16.5. The van der Waals surface area contributed by atoms with Gasteiger partial charge in [0.15, 0.2) is 0 Å². The number of aromatic nitrogens is 2. The summed E-state index contributed by atoms with van der Waals surface area (Å²) in [6.07, 6.45) is 3.51. The molecule has 0 N–H and O–H groups in total. The molecule has 1 atom stereocenters. The van der Waals surface area contributed by atoms with Gasteiger partial charge >= 0.3 is 0 Å². The second-order valence-corrected chi connectivity index (χ2v) is 5.08. The molecule has 5 heteroatoms. The van der Waals surface area contributed by atoms with Crippen LogP contribution in [0.25, 0.3) is 0 Å². The number of likely N-dealkylation sites (tertiary alicyclic amines) is 1. The Hall–Kier alpha value is -1.36. The molecule has 2 rings (SSSR count). The Morgan fingerprint density at radius 3 is 3.05 bits per heavy atom. The lowest BCUT2D eigenvalue weighted by Crippen LogP contribution is -2.27. The van der Waals surface area contributed by atoms with Crippen LogP contribution in [-0.2, 0) is 16.1 Å². The molecule has 1 amide bonds. The summed E-state index contributed by atoms with van der Waals surface area (Å²) in [5.74, 6) is 1.70. The number of carbonyl (C=O) groups is 1. The summed E-state index contributed by atoms with van der Waals surface area (Å²) in [7, 11) is 1.71. The molecule has 0 aliphatic carbocycles. The second-order valence-electron chi connectivity index (χ2n) is 5.08. The maximum Gasteiger partial charge on any atom is 0.222 e. The van der Waals surface area contributed by atoms with Crippen molar-refractivity contribution in [2.45, 2.75) is 39.2 Å². The number of amides is 1. The summed E-state index contributed by atoms with van der Waals surface area (Å²) in [6, 6.07) is 0. The minimum Gasteiger partial charge on any atom is -0.383 e. The summed E-state index contributed by atoms with van der Waals surface area (Å²) >= 11 is 0. The molecule has 0 aromatic carbocycles. The zero-order valence-corrected chi connectivity index (χ0v) is 12.1. The number of ether oxygens (including phenoxy) is 1. The summed E-state index contributed by atoms with van der Waals surface area (Å²) in [5, 5.41) is 0. The smallest absolute Gasteiger partial charge is 0.222 e. The van der Waals surface area contributed by atoms with E-state index >= 15 is 0 Å². The Kier molecular flexibility index (Phi) is 4.58. The summed E-state index contributed by atoms with van der Waals surface area (Å²) in [5.41, 5.74) is 1.16. The molecule has 0 bridgehead atoms. The van der Waals surface area contributed by atoms with Gasteiger partial charge in [-0.15, -0.1) is 0 Å². The number of hydrogen-bond acceptors (Lipinski definition) is 3. The Morgan fingerprint density at radius 2 is 2.37 bits per heavy atom. The minimum absolute atomic E-state index is 0.245. The Morgan fingerprint density at radius 1 is 1.58 bits per heavy atom. The average Bonchev–Trinajstić information content (AvgIpc) is 3.02. The van der Waals surface area contributed by atoms with Crippen molar-refractivity contribution in [2.24, 2.45) is 0 Å². The maximum atomic E-state index is 11.7. The first-order valence-corrected chi connectivity index (χ1v) is 6.96. The van der Waals surface area contributed by atoms with E-state index in [0.717, 1.165) is 37.6 Å². The van der Waals surface area contributed by atoms with Crippen molar-refractivity contribution in [2.75, 3.05) is 26.8 Å². The quantitative estimate of drug-likeness (QED) is 0.812. The molecule has 5 nitrogen and oxygen atoms in total. The Balaban J connectivity index is 2.08. The lowest BCUT2D eigenvalue weighted by molar-refractivity contribution is -0.129. The van der Waals surface area contributed by atoms with E-state index in [1.165, 1.54) is 0 Å². The van der Waals surface area contributed by atoms with Crippen LogP contribution in [0.2, 0.25) is 0 Å². The molecule has 1 saturated heterocycles. The van der Waals surface area contributed by atoms with Crippen LogP contribution in [0.3, 0.4) is 0 Å². The highest BCUT2D eigenvalue weighted by Crippen LogP contribution is 2.27. The van der Waals surface area contributed by atoms with Crippen LogP contribution in [0.5, 0.6) is 0 Å². The largest absolute Gasteiger partial charge is 0.383 e. The zero-order valence-electron chi connectivity index (χ0n) is 12.1. The van der Waals surface area contributed by atoms with Gasteiger partial charge in [-0.2, -0.15) is 0 Å². The molecule has 106 valence electrons. The number of aryl methyl sites for hydroxylation is 1. The van der Waals surface area contributed by atoms with E-state index in [4.69, 9.17) is 4.74 Å². The van der Waals surface area contributed by atoms with Gasteiger partial charge in [0.25, 0.3) is 0 Å². The van der Waals surface area contributed by atoms with Crippen molar-refractivity contribution in [3.05, 3.63) is 17.7 Å². The van der Waals surface area contributed by atoms with Crippen molar-refractivity contribution in [3.63, 3.8) is 0 Å². The first kappa shape index (κ1) is 14.1. The Bertz CT molecular complexity index is 442. The van der Waals surface area contributed by atoms with Crippen molar-refractivity contribution in [1.29, 1.82) is 0 Å². The van der Waals surface area contributed by atoms with Crippen LogP contribution < -0.4 is 0 Å². The molecule has 0 radical (unpaired) electrons. The van der Waals surface area contributed by atoms with Gasteiger partial charge in [0, 0.05) is 51.0 Å². The van der Waals surface area contributed by atoms with Crippen LogP contribution in [0.4, 0.5) is 0 Å². The predicted molar refractivity (Wildman–Crippen MR) is 73.1 cm³/mol. The third-order valence-corrected chi connectivity index (χ3v) is 3.81. The zero-order chi connectivity index (χ0) is 13.8. The standard InChI is InChI=1S/C14H23N3O2/c1-4-13(18)16-6-5-12(10-16)14-15-9-11(2)17(14)7-8-19-3/h9,12H,4-8,10H2,1-3H3. The van der Waals surface area contributed by atoms with Gasteiger partial charge in [-0.3, -0.25) is 4.79 Å². The van der Waals surface area contributed by atoms with Crippen LogP contribution in [-0.4, -0.2) is 47.2 Å². The summed E-state index contributed by atoms with van der Waals surface area (Å²) < 4.78 is 7.37. The van der Waals surface area contributed by atoms with Gasteiger partial charge in [0.05, 0.1) is 6.61 Å². The number of imidazole rings is 1. The minimum atomic E-state index is 0.245. The molecule has 1 aromatic rings. The van der Waals surface area contributed by atoms with Gasteiger partial charge in [0.2, 0.25) is 5.91 Å². The molecule has 19 heavy (non-hydrogen) atoms. The average molecular weight is 265 g/mol. The molecule has 1 unspecified atom stereocenters. The number of hydrogen-bond donors (Lipinski definition) is 0. The van der Waals surface area contributed by atoms with Gasteiger partial charge in [0.1, 0.15) is 5.82 Å². The van der Waals surface area contributed by atoms with Crippen LogP contribution in [0.1, 0.15) is 37.2 Å².